The number of carbonyl (C=O) groups is 4. The topological polar surface area (TPSA) is 90.0 Å². The first kappa shape index (κ1) is 23.1. The smallest absolute Gasteiger partial charge is 0.265 e. The van der Waals surface area contributed by atoms with Crippen molar-refractivity contribution in [3.8, 4) is 11.5 Å². The van der Waals surface area contributed by atoms with E-state index in [2.05, 4.69) is 15.9 Å². The Morgan fingerprint density at radius 2 is 1.09 bits per heavy atom. The van der Waals surface area contributed by atoms with Gasteiger partial charge in [-0.25, -0.2) is 4.90 Å². The van der Waals surface area contributed by atoms with E-state index in [1.807, 2.05) is 0 Å². The number of nitrogens with zero attached hydrogens (tertiary/aromatic N) is 1. The lowest BCUT2D eigenvalue weighted by Gasteiger charge is -2.27. The number of hydrogen-bond donors (Lipinski definition) is 0. The van der Waals surface area contributed by atoms with E-state index < -0.39 is 23.4 Å². The minimum atomic E-state index is -0.768. The molecule has 0 heterocycles. The van der Waals surface area contributed by atoms with Crippen LogP contribution in [0.4, 0.5) is 0 Å². The molecule has 3 aromatic carbocycles. The molecule has 0 fully saturated rings. The summed E-state index contributed by atoms with van der Waals surface area (Å²) in [5.41, 5.74) is 0.229. The number of ether oxygens (including phenoxy) is 2. The molecule has 170 valence electrons. The summed E-state index contributed by atoms with van der Waals surface area (Å²) < 4.78 is 10.1. The van der Waals surface area contributed by atoms with Gasteiger partial charge in [0.25, 0.3) is 11.8 Å². The number of allylic oxidation sites excluding steroid dienone is 2. The fourth-order valence-electron chi connectivity index (χ4n) is 3.55. The van der Waals surface area contributed by atoms with Gasteiger partial charge < -0.3 is 9.47 Å². The first-order valence-electron chi connectivity index (χ1n) is 10.1. The Morgan fingerprint density at radius 1 is 0.676 bits per heavy atom. The summed E-state index contributed by atoms with van der Waals surface area (Å²) >= 11 is 3.18. The zero-order valence-corrected chi connectivity index (χ0v) is 19.8. The molecule has 2 amide bonds. The molecule has 8 heteroatoms. The van der Waals surface area contributed by atoms with E-state index in [0.717, 1.165) is 4.90 Å². The molecule has 4 rings (SSSR count). The van der Waals surface area contributed by atoms with Crippen molar-refractivity contribution >= 4 is 39.3 Å². The number of imide groups is 1. The van der Waals surface area contributed by atoms with Gasteiger partial charge in [-0.05, 0) is 64.5 Å². The Labute approximate surface area is 203 Å². The first-order chi connectivity index (χ1) is 16.4. The van der Waals surface area contributed by atoms with Gasteiger partial charge in [-0.3, -0.25) is 19.2 Å². The summed E-state index contributed by atoms with van der Waals surface area (Å²) in [5.74, 6) is -1.62. The van der Waals surface area contributed by atoms with Crippen LogP contribution in [0, 0.1) is 0 Å². The van der Waals surface area contributed by atoms with E-state index in [0.29, 0.717) is 11.5 Å². The number of Topliss-reactive ketones (excluding diaryl/α,β-unsaturated/α-hetero) is 2. The Hall–Kier alpha value is -4.04. The molecule has 7 nitrogen and oxygen atoms in total. The Kier molecular flexibility index (Phi) is 6.43. The third-order valence-corrected chi connectivity index (χ3v) is 6.08. The van der Waals surface area contributed by atoms with Crippen molar-refractivity contribution in [2.24, 2.45) is 0 Å². The number of ketones is 2. The highest BCUT2D eigenvalue weighted by Crippen LogP contribution is 2.33. The SMILES string of the molecule is COc1ccc(C(=O)N(C(=O)c2ccc(OC)cc2)C2=C(Br)C(=O)c3ccccc3C2=O)cc1. The standard InChI is InChI=1S/C26H18BrNO6/c1-33-17-11-7-15(8-12-17)25(31)28(26(32)16-9-13-18(34-2)14-10-16)22-21(27)23(29)19-5-3-4-6-20(19)24(22)30/h3-14H,1-2H3. The molecule has 0 radical (unpaired) electrons. The average Bonchev–Trinajstić information content (AvgIpc) is 2.89. The molecule has 0 spiro atoms. The van der Waals surface area contributed by atoms with Gasteiger partial charge in [-0.2, -0.15) is 0 Å². The van der Waals surface area contributed by atoms with Crippen LogP contribution >= 0.6 is 15.9 Å². The molecular formula is C26H18BrNO6. The maximum Gasteiger partial charge on any atom is 0.265 e. The van der Waals surface area contributed by atoms with Gasteiger partial charge >= 0.3 is 0 Å². The number of halogens is 1. The van der Waals surface area contributed by atoms with Gasteiger partial charge in [0.05, 0.1) is 18.7 Å². The molecule has 0 atom stereocenters. The number of rotatable bonds is 5. The number of benzene rings is 3. The second-order valence-corrected chi connectivity index (χ2v) is 8.06. The second-order valence-electron chi connectivity index (χ2n) is 7.27. The van der Waals surface area contributed by atoms with Crippen LogP contribution in [0.1, 0.15) is 41.4 Å². The molecule has 3 aromatic rings. The first-order valence-corrected chi connectivity index (χ1v) is 10.9. The van der Waals surface area contributed by atoms with Gasteiger partial charge in [0.1, 0.15) is 17.2 Å². The summed E-state index contributed by atoms with van der Waals surface area (Å²) in [7, 11) is 2.98. The largest absolute Gasteiger partial charge is 0.497 e. The minimum Gasteiger partial charge on any atom is -0.497 e. The molecule has 1 aliphatic rings. The van der Waals surface area contributed by atoms with Crippen LogP contribution in [0.25, 0.3) is 0 Å². The van der Waals surface area contributed by atoms with Crippen LogP contribution in [-0.4, -0.2) is 42.5 Å². The number of hydrogen-bond acceptors (Lipinski definition) is 6. The van der Waals surface area contributed by atoms with Gasteiger partial charge in [0.2, 0.25) is 11.6 Å². The van der Waals surface area contributed by atoms with Crippen molar-refractivity contribution < 1.29 is 28.7 Å². The lowest BCUT2D eigenvalue weighted by molar-refractivity contribution is 0.0642. The minimum absolute atomic E-state index is 0.112. The number of amides is 2. The third-order valence-electron chi connectivity index (χ3n) is 5.34. The zero-order chi connectivity index (χ0) is 24.4. The fraction of sp³-hybridized carbons (Fsp3) is 0.0769. The molecule has 0 unspecified atom stereocenters. The highest BCUT2D eigenvalue weighted by Gasteiger charge is 2.39. The molecule has 34 heavy (non-hydrogen) atoms. The van der Waals surface area contributed by atoms with Crippen molar-refractivity contribution in [3.63, 3.8) is 0 Å². The van der Waals surface area contributed by atoms with Crippen molar-refractivity contribution in [1.82, 2.24) is 4.90 Å². The molecule has 0 aromatic heterocycles. The summed E-state index contributed by atoms with van der Waals surface area (Å²) in [6.45, 7) is 0. The van der Waals surface area contributed by atoms with Gasteiger partial charge in [0.15, 0.2) is 0 Å². The monoisotopic (exact) mass is 519 g/mol. The molecule has 0 aliphatic heterocycles. The third kappa shape index (κ3) is 4.04. The van der Waals surface area contributed by atoms with Crippen molar-refractivity contribution in [3.05, 3.63) is 105 Å². The molecule has 1 aliphatic carbocycles. The Balaban J connectivity index is 1.87. The molecule has 0 saturated heterocycles. The van der Waals surface area contributed by atoms with E-state index in [9.17, 15) is 19.2 Å². The Bertz CT molecular complexity index is 1280. The molecular weight excluding hydrogens is 502 g/mol. The number of fused-ring (bicyclic) bond motifs is 1. The maximum absolute atomic E-state index is 13.6. The lowest BCUT2D eigenvalue weighted by atomic mass is 9.91. The van der Waals surface area contributed by atoms with Gasteiger partial charge in [0, 0.05) is 22.3 Å². The number of methoxy groups -OCH3 is 2. The van der Waals surface area contributed by atoms with Gasteiger partial charge in [-0.15, -0.1) is 0 Å². The number of carbonyl (C=O) groups excluding carboxylic acids is 4. The quantitative estimate of drug-likeness (QED) is 0.455. The van der Waals surface area contributed by atoms with Crippen LogP contribution in [0.3, 0.4) is 0 Å². The van der Waals surface area contributed by atoms with Crippen LogP contribution < -0.4 is 9.47 Å². The zero-order valence-electron chi connectivity index (χ0n) is 18.2. The van der Waals surface area contributed by atoms with Crippen molar-refractivity contribution in [2.75, 3.05) is 14.2 Å². The normalized spacial score (nSPS) is 12.8. The predicted octanol–water partition coefficient (Wildman–Crippen LogP) is 4.67. The fourth-order valence-corrected chi connectivity index (χ4v) is 4.12. The molecule has 0 N–H and O–H groups in total. The van der Waals surface area contributed by atoms with E-state index in [1.54, 1.807) is 36.4 Å². The van der Waals surface area contributed by atoms with Crippen LogP contribution in [0.15, 0.2) is 83.0 Å². The van der Waals surface area contributed by atoms with E-state index in [1.165, 1.54) is 50.6 Å². The summed E-state index contributed by atoms with van der Waals surface area (Å²) in [4.78, 5) is 54.4. The van der Waals surface area contributed by atoms with Crippen LogP contribution in [-0.2, 0) is 0 Å². The van der Waals surface area contributed by atoms with Crippen LogP contribution in [0.5, 0.6) is 11.5 Å². The second kappa shape index (κ2) is 9.44. The molecule has 0 saturated carbocycles. The highest BCUT2D eigenvalue weighted by molar-refractivity contribution is 9.12. The predicted molar refractivity (Wildman–Crippen MR) is 128 cm³/mol. The van der Waals surface area contributed by atoms with Gasteiger partial charge in [-0.1, -0.05) is 24.3 Å². The van der Waals surface area contributed by atoms with Crippen molar-refractivity contribution in [2.45, 2.75) is 0 Å². The lowest BCUT2D eigenvalue weighted by Crippen LogP contribution is -2.41. The highest BCUT2D eigenvalue weighted by atomic mass is 79.9. The average molecular weight is 520 g/mol. The van der Waals surface area contributed by atoms with E-state index in [4.69, 9.17) is 9.47 Å². The summed E-state index contributed by atoms with van der Waals surface area (Å²) in [6.07, 6.45) is 0. The van der Waals surface area contributed by atoms with Crippen LogP contribution in [0.2, 0.25) is 0 Å². The van der Waals surface area contributed by atoms with E-state index >= 15 is 0 Å². The Morgan fingerprint density at radius 3 is 1.50 bits per heavy atom. The van der Waals surface area contributed by atoms with E-state index in [-0.39, 0.29) is 32.4 Å². The maximum atomic E-state index is 13.6. The molecule has 0 bridgehead atoms. The summed E-state index contributed by atoms with van der Waals surface area (Å²) in [6, 6.07) is 18.4. The summed E-state index contributed by atoms with van der Waals surface area (Å²) in [5, 5.41) is 0. The van der Waals surface area contributed by atoms with Crippen molar-refractivity contribution in [1.29, 1.82) is 0 Å².